The van der Waals surface area contributed by atoms with Crippen LogP contribution in [-0.2, 0) is 26.3 Å². The quantitative estimate of drug-likeness (QED) is 0.380. The van der Waals surface area contributed by atoms with E-state index in [0.29, 0.717) is 29.7 Å². The Morgan fingerprint density at radius 2 is 1.63 bits per heavy atom. The van der Waals surface area contributed by atoms with Gasteiger partial charge in [0.2, 0.25) is 5.78 Å². The van der Waals surface area contributed by atoms with Crippen LogP contribution in [-0.4, -0.2) is 32.6 Å². The second-order valence-electron chi connectivity index (χ2n) is 6.09. The van der Waals surface area contributed by atoms with Crippen LogP contribution in [0.5, 0.6) is 5.75 Å². The van der Waals surface area contributed by atoms with Crippen molar-refractivity contribution < 1.29 is 23.8 Å². The molecular formula is C22H26O5. The Morgan fingerprint density at radius 1 is 0.963 bits per heavy atom. The summed E-state index contributed by atoms with van der Waals surface area (Å²) in [5, 5.41) is 0. The van der Waals surface area contributed by atoms with E-state index in [0.717, 1.165) is 5.56 Å². The van der Waals surface area contributed by atoms with Crippen LogP contribution in [0.15, 0.2) is 48.5 Å². The Kier molecular flexibility index (Phi) is 7.13. The maximum absolute atomic E-state index is 13.6. The second kappa shape index (κ2) is 9.33. The zero-order chi connectivity index (χ0) is 19.9. The first-order chi connectivity index (χ1) is 13.0. The van der Waals surface area contributed by atoms with Gasteiger partial charge in [-0.2, -0.15) is 0 Å². The molecule has 2 aromatic carbocycles. The van der Waals surface area contributed by atoms with Crippen molar-refractivity contribution in [3.05, 3.63) is 65.2 Å². The molecule has 27 heavy (non-hydrogen) atoms. The monoisotopic (exact) mass is 370 g/mol. The Balaban J connectivity index is 2.69. The van der Waals surface area contributed by atoms with Gasteiger partial charge in [-0.05, 0) is 42.7 Å². The molecule has 0 aliphatic rings. The minimum absolute atomic E-state index is 0.245. The Hall–Kier alpha value is -2.66. The van der Waals surface area contributed by atoms with Gasteiger partial charge in [0.25, 0.3) is 5.60 Å². The molecule has 144 valence electrons. The third kappa shape index (κ3) is 4.03. The summed E-state index contributed by atoms with van der Waals surface area (Å²) in [6, 6.07) is 13.9. The molecular weight excluding hydrogens is 344 g/mol. The topological polar surface area (TPSA) is 61.8 Å². The number of carbonyl (C=O) groups is 2. The lowest BCUT2D eigenvalue weighted by Gasteiger charge is -2.32. The van der Waals surface area contributed by atoms with E-state index in [1.807, 2.05) is 26.0 Å². The molecule has 0 spiro atoms. The molecule has 5 heteroatoms. The van der Waals surface area contributed by atoms with Gasteiger partial charge in [0.1, 0.15) is 5.75 Å². The molecule has 0 aliphatic heterocycles. The Bertz CT molecular complexity index is 782. The highest BCUT2D eigenvalue weighted by Gasteiger charge is 2.51. The van der Waals surface area contributed by atoms with Crippen molar-refractivity contribution in [2.24, 2.45) is 0 Å². The molecule has 0 N–H and O–H groups in total. The summed E-state index contributed by atoms with van der Waals surface area (Å²) in [5.74, 6) is -0.553. The van der Waals surface area contributed by atoms with Gasteiger partial charge in [-0.15, -0.1) is 0 Å². The number of carbonyl (C=O) groups excluding carboxylic acids is 2. The van der Waals surface area contributed by atoms with Gasteiger partial charge >= 0.3 is 5.97 Å². The number of ether oxygens (including phenoxy) is 3. The number of hydrogen-bond acceptors (Lipinski definition) is 5. The van der Waals surface area contributed by atoms with Gasteiger partial charge in [0.15, 0.2) is 0 Å². The lowest BCUT2D eigenvalue weighted by Crippen LogP contribution is -2.48. The summed E-state index contributed by atoms with van der Waals surface area (Å²) >= 11 is 0. The molecule has 0 saturated heterocycles. The smallest absolute Gasteiger partial charge is 0.351 e. The van der Waals surface area contributed by atoms with E-state index in [1.54, 1.807) is 43.5 Å². The fraction of sp³-hybridized carbons (Fsp3) is 0.364. The van der Waals surface area contributed by atoms with Crippen molar-refractivity contribution in [2.45, 2.75) is 32.3 Å². The Morgan fingerprint density at radius 3 is 2.19 bits per heavy atom. The van der Waals surface area contributed by atoms with Crippen molar-refractivity contribution in [1.29, 1.82) is 0 Å². The number of esters is 1. The number of Topliss-reactive ketones (excluding diaryl/α,β-unsaturated/α-hetero) is 1. The zero-order valence-corrected chi connectivity index (χ0v) is 16.3. The number of aryl methyl sites for hydroxylation is 1. The number of rotatable bonds is 9. The number of ketones is 1. The molecule has 0 amide bonds. The summed E-state index contributed by atoms with van der Waals surface area (Å²) in [5.41, 5.74) is -0.107. The lowest BCUT2D eigenvalue weighted by atomic mass is 9.82. The normalized spacial score (nSPS) is 12.9. The van der Waals surface area contributed by atoms with E-state index >= 15 is 0 Å². The Labute approximate surface area is 160 Å². The minimum atomic E-state index is -1.84. The van der Waals surface area contributed by atoms with E-state index in [4.69, 9.17) is 14.2 Å². The zero-order valence-electron chi connectivity index (χ0n) is 16.3. The van der Waals surface area contributed by atoms with Gasteiger partial charge in [-0.1, -0.05) is 38.1 Å². The van der Waals surface area contributed by atoms with Crippen molar-refractivity contribution >= 4 is 11.8 Å². The van der Waals surface area contributed by atoms with Gasteiger partial charge in [0, 0.05) is 17.7 Å². The van der Waals surface area contributed by atoms with Gasteiger partial charge in [-0.3, -0.25) is 4.79 Å². The van der Waals surface area contributed by atoms with Gasteiger partial charge < -0.3 is 14.2 Å². The fourth-order valence-electron chi connectivity index (χ4n) is 3.04. The van der Waals surface area contributed by atoms with Crippen LogP contribution in [0, 0.1) is 0 Å². The molecule has 1 atom stereocenters. The van der Waals surface area contributed by atoms with E-state index in [9.17, 15) is 9.59 Å². The standard InChI is InChI=1S/C22H26O5/c1-5-15-27-22(21(24)26-4,19-10-8-7-9-16(19)6-2)20(23)17-11-13-18(25-3)14-12-17/h7-14H,5-6,15H2,1-4H3. The highest BCUT2D eigenvalue weighted by Crippen LogP contribution is 2.35. The van der Waals surface area contributed by atoms with Crippen LogP contribution in [0.4, 0.5) is 0 Å². The average Bonchev–Trinajstić information content (AvgIpc) is 2.74. The first kappa shape index (κ1) is 20.6. The summed E-state index contributed by atoms with van der Waals surface area (Å²) in [6.45, 7) is 4.14. The molecule has 0 saturated carbocycles. The largest absolute Gasteiger partial charge is 0.497 e. The molecule has 0 bridgehead atoms. The van der Waals surface area contributed by atoms with Crippen LogP contribution in [0.1, 0.15) is 41.8 Å². The van der Waals surface area contributed by atoms with E-state index in [2.05, 4.69) is 0 Å². The molecule has 0 heterocycles. The summed E-state index contributed by atoms with van der Waals surface area (Å²) in [6.07, 6.45) is 1.31. The number of benzene rings is 2. The molecule has 0 radical (unpaired) electrons. The first-order valence-electron chi connectivity index (χ1n) is 9.04. The first-order valence-corrected chi connectivity index (χ1v) is 9.04. The third-order valence-electron chi connectivity index (χ3n) is 4.45. The third-order valence-corrected chi connectivity index (χ3v) is 4.45. The average molecular weight is 370 g/mol. The maximum Gasteiger partial charge on any atom is 0.351 e. The van der Waals surface area contributed by atoms with E-state index in [1.165, 1.54) is 7.11 Å². The molecule has 0 fully saturated rings. The van der Waals surface area contributed by atoms with Crippen molar-refractivity contribution in [3.63, 3.8) is 0 Å². The summed E-state index contributed by atoms with van der Waals surface area (Å²) in [7, 11) is 2.82. The molecule has 0 aliphatic carbocycles. The summed E-state index contributed by atoms with van der Waals surface area (Å²) < 4.78 is 16.2. The predicted octanol–water partition coefficient (Wildman–Crippen LogP) is 3.94. The predicted molar refractivity (Wildman–Crippen MR) is 103 cm³/mol. The SMILES string of the molecule is CCCOC(C(=O)OC)(C(=O)c1ccc(OC)cc1)c1ccccc1CC. The van der Waals surface area contributed by atoms with Gasteiger partial charge in [-0.25, -0.2) is 4.79 Å². The van der Waals surface area contributed by atoms with Crippen molar-refractivity contribution in [3.8, 4) is 5.75 Å². The molecule has 0 aromatic heterocycles. The van der Waals surface area contributed by atoms with Crippen molar-refractivity contribution in [1.82, 2.24) is 0 Å². The van der Waals surface area contributed by atoms with Crippen LogP contribution in [0.2, 0.25) is 0 Å². The minimum Gasteiger partial charge on any atom is -0.497 e. The molecule has 2 aromatic rings. The van der Waals surface area contributed by atoms with Gasteiger partial charge in [0.05, 0.1) is 14.2 Å². The summed E-state index contributed by atoms with van der Waals surface area (Å²) in [4.78, 5) is 26.5. The van der Waals surface area contributed by atoms with E-state index in [-0.39, 0.29) is 6.61 Å². The maximum atomic E-state index is 13.6. The number of methoxy groups -OCH3 is 2. The van der Waals surface area contributed by atoms with E-state index < -0.39 is 17.4 Å². The number of hydrogen-bond donors (Lipinski definition) is 0. The van der Waals surface area contributed by atoms with Crippen LogP contribution in [0.25, 0.3) is 0 Å². The highest BCUT2D eigenvalue weighted by molar-refractivity contribution is 6.16. The lowest BCUT2D eigenvalue weighted by molar-refractivity contribution is -0.164. The second-order valence-corrected chi connectivity index (χ2v) is 6.09. The molecule has 2 rings (SSSR count). The van der Waals surface area contributed by atoms with Crippen LogP contribution >= 0.6 is 0 Å². The van der Waals surface area contributed by atoms with Crippen LogP contribution < -0.4 is 4.74 Å². The fourth-order valence-corrected chi connectivity index (χ4v) is 3.04. The highest BCUT2D eigenvalue weighted by atomic mass is 16.6. The molecule has 5 nitrogen and oxygen atoms in total. The van der Waals surface area contributed by atoms with Crippen molar-refractivity contribution in [2.75, 3.05) is 20.8 Å². The van der Waals surface area contributed by atoms with Crippen LogP contribution in [0.3, 0.4) is 0 Å². The molecule has 1 unspecified atom stereocenters.